The zero-order valence-electron chi connectivity index (χ0n) is 13.8. The molecule has 0 unspecified atom stereocenters. The van der Waals surface area contributed by atoms with E-state index >= 15 is 0 Å². The first-order valence-electron chi connectivity index (χ1n) is 7.62. The molecule has 0 heterocycles. The van der Waals surface area contributed by atoms with Crippen LogP contribution in [0.2, 0.25) is 0 Å². The van der Waals surface area contributed by atoms with Gasteiger partial charge in [-0.2, -0.15) is 0 Å². The fraction of sp³-hybridized carbons (Fsp3) is 0.222. The van der Waals surface area contributed by atoms with Crippen LogP contribution < -0.4 is 15.4 Å². The number of anilines is 1. The van der Waals surface area contributed by atoms with E-state index in [-0.39, 0.29) is 18.0 Å². The lowest BCUT2D eigenvalue weighted by molar-refractivity contribution is -0.114. The Bertz CT molecular complexity index is 781. The van der Waals surface area contributed by atoms with E-state index in [4.69, 9.17) is 4.74 Å². The highest BCUT2D eigenvalue weighted by Crippen LogP contribution is 2.16. The predicted octanol–water partition coefficient (Wildman–Crippen LogP) is 3.12. The summed E-state index contributed by atoms with van der Waals surface area (Å²) in [4.78, 5) is 23.2. The van der Waals surface area contributed by atoms with Gasteiger partial charge >= 0.3 is 0 Å². The highest BCUT2D eigenvalue weighted by atomic mass is 19.1. The van der Waals surface area contributed by atoms with Crippen molar-refractivity contribution in [3.8, 4) is 5.75 Å². The van der Waals surface area contributed by atoms with Gasteiger partial charge in [0.15, 0.2) is 0 Å². The van der Waals surface area contributed by atoms with Crippen molar-refractivity contribution in [1.82, 2.24) is 5.32 Å². The summed E-state index contributed by atoms with van der Waals surface area (Å²) < 4.78 is 32.4. The number of hydrogen-bond donors (Lipinski definition) is 2. The maximum Gasteiger partial charge on any atom is 0.254 e. The van der Waals surface area contributed by atoms with Crippen molar-refractivity contribution in [2.24, 2.45) is 0 Å². The minimum absolute atomic E-state index is 0.0964. The summed E-state index contributed by atoms with van der Waals surface area (Å²) in [6.45, 7) is 3.10. The molecule has 2 aromatic rings. The van der Waals surface area contributed by atoms with Gasteiger partial charge in [-0.15, -0.1) is 0 Å². The minimum atomic E-state index is -0.703. The summed E-state index contributed by atoms with van der Waals surface area (Å²) in [5.74, 6) is -1.76. The van der Waals surface area contributed by atoms with E-state index in [0.29, 0.717) is 11.4 Å². The summed E-state index contributed by atoms with van der Waals surface area (Å²) in [5, 5.41) is 5.03. The second-order valence-corrected chi connectivity index (χ2v) is 5.47. The SMILES string of the molecule is CC(=O)Nc1ccc(F)c(C(=O)NC[C@H](C)Oc2cccc(F)c2)c1. The molecular weight excluding hydrogens is 330 g/mol. The third-order valence-electron chi connectivity index (χ3n) is 3.21. The van der Waals surface area contributed by atoms with E-state index in [1.165, 1.54) is 37.3 Å². The first-order chi connectivity index (χ1) is 11.8. The van der Waals surface area contributed by atoms with Crippen LogP contribution in [-0.4, -0.2) is 24.5 Å². The number of halogens is 2. The van der Waals surface area contributed by atoms with Gasteiger partial charge in [0.2, 0.25) is 5.91 Å². The number of benzene rings is 2. The highest BCUT2D eigenvalue weighted by Gasteiger charge is 2.14. The molecule has 132 valence electrons. The summed E-state index contributed by atoms with van der Waals surface area (Å²) in [7, 11) is 0. The molecule has 0 aliphatic carbocycles. The van der Waals surface area contributed by atoms with Crippen molar-refractivity contribution >= 4 is 17.5 Å². The summed E-state index contributed by atoms with van der Waals surface area (Å²) in [6.07, 6.45) is -0.452. The molecule has 1 atom stereocenters. The number of carbonyl (C=O) groups is 2. The molecule has 7 heteroatoms. The lowest BCUT2D eigenvalue weighted by atomic mass is 10.1. The van der Waals surface area contributed by atoms with E-state index in [0.717, 1.165) is 6.07 Å². The van der Waals surface area contributed by atoms with E-state index in [1.54, 1.807) is 13.0 Å². The van der Waals surface area contributed by atoms with Crippen LogP contribution >= 0.6 is 0 Å². The predicted molar refractivity (Wildman–Crippen MR) is 89.5 cm³/mol. The maximum atomic E-state index is 13.8. The topological polar surface area (TPSA) is 67.4 Å². The maximum absolute atomic E-state index is 13.8. The Labute approximate surface area is 144 Å². The number of carbonyl (C=O) groups excluding carboxylic acids is 2. The minimum Gasteiger partial charge on any atom is -0.489 e. The molecule has 0 saturated carbocycles. The van der Waals surface area contributed by atoms with Gasteiger partial charge in [-0.05, 0) is 37.3 Å². The number of nitrogens with one attached hydrogen (secondary N) is 2. The normalized spacial score (nSPS) is 11.5. The van der Waals surface area contributed by atoms with Crippen LogP contribution in [0.3, 0.4) is 0 Å². The Morgan fingerprint density at radius 3 is 2.60 bits per heavy atom. The summed E-state index contributed by atoms with van der Waals surface area (Å²) in [5.41, 5.74) is 0.132. The van der Waals surface area contributed by atoms with Crippen molar-refractivity contribution < 1.29 is 23.1 Å². The van der Waals surface area contributed by atoms with Crippen molar-refractivity contribution in [3.05, 3.63) is 59.7 Å². The highest BCUT2D eigenvalue weighted by molar-refractivity contribution is 5.97. The standard InChI is InChI=1S/C18H18F2N2O3/c1-11(25-15-5-3-4-13(19)8-15)10-21-18(24)16-9-14(22-12(2)23)6-7-17(16)20/h3-9,11H,10H2,1-2H3,(H,21,24)(H,22,23)/t11-/m0/s1. The lowest BCUT2D eigenvalue weighted by Gasteiger charge is -2.16. The molecule has 0 fully saturated rings. The summed E-state index contributed by atoms with van der Waals surface area (Å²) in [6, 6.07) is 9.36. The smallest absolute Gasteiger partial charge is 0.254 e. The van der Waals surface area contributed by atoms with Gasteiger partial charge < -0.3 is 15.4 Å². The number of amides is 2. The van der Waals surface area contributed by atoms with Gasteiger partial charge in [-0.1, -0.05) is 6.07 Å². The molecule has 0 aliphatic rings. The average molecular weight is 348 g/mol. The quantitative estimate of drug-likeness (QED) is 0.843. The molecule has 0 saturated heterocycles. The molecule has 2 rings (SSSR count). The van der Waals surface area contributed by atoms with Crippen molar-refractivity contribution in [2.45, 2.75) is 20.0 Å². The zero-order chi connectivity index (χ0) is 18.4. The Balaban J connectivity index is 1.96. The van der Waals surface area contributed by atoms with Gasteiger partial charge in [0.1, 0.15) is 23.5 Å². The third-order valence-corrected chi connectivity index (χ3v) is 3.21. The number of rotatable bonds is 6. The van der Waals surface area contributed by atoms with Crippen LogP contribution in [0.15, 0.2) is 42.5 Å². The van der Waals surface area contributed by atoms with Crippen molar-refractivity contribution in [1.29, 1.82) is 0 Å². The lowest BCUT2D eigenvalue weighted by Crippen LogP contribution is -2.34. The summed E-state index contributed by atoms with van der Waals surface area (Å²) >= 11 is 0. The first-order valence-corrected chi connectivity index (χ1v) is 7.62. The van der Waals surface area contributed by atoms with Crippen molar-refractivity contribution in [2.75, 3.05) is 11.9 Å². The van der Waals surface area contributed by atoms with Crippen LogP contribution in [0.1, 0.15) is 24.2 Å². The molecule has 2 aromatic carbocycles. The first kappa shape index (κ1) is 18.4. The van der Waals surface area contributed by atoms with Gasteiger partial charge in [0.05, 0.1) is 12.1 Å². The molecule has 0 radical (unpaired) electrons. The van der Waals surface area contributed by atoms with Crippen molar-refractivity contribution in [3.63, 3.8) is 0 Å². The van der Waals surface area contributed by atoms with Gasteiger partial charge in [-0.3, -0.25) is 9.59 Å². The van der Waals surface area contributed by atoms with Crippen LogP contribution in [0, 0.1) is 11.6 Å². The van der Waals surface area contributed by atoms with Crippen LogP contribution in [0.25, 0.3) is 0 Å². The van der Waals surface area contributed by atoms with E-state index in [1.807, 2.05) is 0 Å². The molecule has 2 amide bonds. The fourth-order valence-corrected chi connectivity index (χ4v) is 2.13. The fourth-order valence-electron chi connectivity index (χ4n) is 2.13. The molecular formula is C18H18F2N2O3. The van der Waals surface area contributed by atoms with E-state index < -0.39 is 23.6 Å². The Morgan fingerprint density at radius 1 is 1.16 bits per heavy atom. The molecule has 0 aliphatic heterocycles. The van der Waals surface area contributed by atoms with Gasteiger partial charge in [-0.25, -0.2) is 8.78 Å². The van der Waals surface area contributed by atoms with Crippen LogP contribution in [0.5, 0.6) is 5.75 Å². The molecule has 25 heavy (non-hydrogen) atoms. The van der Waals surface area contributed by atoms with Crippen LogP contribution in [-0.2, 0) is 4.79 Å². The molecule has 0 aromatic heterocycles. The van der Waals surface area contributed by atoms with Crippen LogP contribution in [0.4, 0.5) is 14.5 Å². The monoisotopic (exact) mass is 348 g/mol. The van der Waals surface area contributed by atoms with E-state index in [9.17, 15) is 18.4 Å². The second kappa shape index (κ2) is 8.23. The Kier molecular flexibility index (Phi) is 6.05. The molecule has 5 nitrogen and oxygen atoms in total. The number of ether oxygens (including phenoxy) is 1. The van der Waals surface area contributed by atoms with E-state index in [2.05, 4.69) is 10.6 Å². The number of hydrogen-bond acceptors (Lipinski definition) is 3. The Morgan fingerprint density at radius 2 is 1.92 bits per heavy atom. The van der Waals surface area contributed by atoms with Gasteiger partial charge in [0, 0.05) is 18.7 Å². The van der Waals surface area contributed by atoms with Gasteiger partial charge in [0.25, 0.3) is 5.91 Å². The third kappa shape index (κ3) is 5.56. The molecule has 0 bridgehead atoms. The molecule has 0 spiro atoms. The largest absolute Gasteiger partial charge is 0.489 e. The molecule has 2 N–H and O–H groups in total. The Hall–Kier alpha value is -2.96. The average Bonchev–Trinajstić information content (AvgIpc) is 2.54. The zero-order valence-corrected chi connectivity index (χ0v) is 13.8. The second-order valence-electron chi connectivity index (χ2n) is 5.47.